The van der Waals surface area contributed by atoms with E-state index >= 15 is 0 Å². The van der Waals surface area contributed by atoms with E-state index in [1.165, 1.54) is 11.3 Å². The lowest BCUT2D eigenvalue weighted by atomic mass is 10.3. The second-order valence-corrected chi connectivity index (χ2v) is 5.52. The number of aromatic nitrogens is 1. The van der Waals surface area contributed by atoms with Crippen LogP contribution in [0.4, 0.5) is 10.8 Å². The Balaban J connectivity index is 2.08. The van der Waals surface area contributed by atoms with E-state index in [2.05, 4.69) is 10.3 Å². The zero-order valence-electron chi connectivity index (χ0n) is 10.7. The van der Waals surface area contributed by atoms with Crippen LogP contribution in [0.15, 0.2) is 23.6 Å². The summed E-state index contributed by atoms with van der Waals surface area (Å²) in [5, 5.41) is 6.50. The molecule has 0 aliphatic carbocycles. The summed E-state index contributed by atoms with van der Waals surface area (Å²) in [7, 11) is 0. The van der Waals surface area contributed by atoms with Crippen LogP contribution in [0.5, 0.6) is 0 Å². The molecule has 0 bridgehead atoms. The Kier molecular flexibility index (Phi) is 5.23. The lowest BCUT2D eigenvalue weighted by molar-refractivity contribution is -0.142. The number of hydrogen-bond donors (Lipinski definition) is 1. The fourth-order valence-corrected chi connectivity index (χ4v) is 2.74. The van der Waals surface area contributed by atoms with Gasteiger partial charge in [-0.1, -0.05) is 29.3 Å². The molecule has 0 fully saturated rings. The molecule has 106 valence electrons. The summed E-state index contributed by atoms with van der Waals surface area (Å²) >= 11 is 13.5. The van der Waals surface area contributed by atoms with Gasteiger partial charge in [0.05, 0.1) is 34.5 Å². The third kappa shape index (κ3) is 3.85. The summed E-state index contributed by atoms with van der Waals surface area (Å²) in [5.41, 5.74) is 1.26. The van der Waals surface area contributed by atoms with Crippen molar-refractivity contribution in [3.8, 4) is 0 Å². The molecule has 1 heterocycles. The van der Waals surface area contributed by atoms with E-state index in [-0.39, 0.29) is 12.4 Å². The number of hydrogen-bond acceptors (Lipinski definition) is 5. The maximum absolute atomic E-state index is 11.4. The number of rotatable bonds is 5. The van der Waals surface area contributed by atoms with Crippen molar-refractivity contribution in [2.24, 2.45) is 0 Å². The minimum atomic E-state index is -0.292. The Hall–Kier alpha value is -1.30. The van der Waals surface area contributed by atoms with Crippen molar-refractivity contribution in [2.75, 3.05) is 11.9 Å². The highest BCUT2D eigenvalue weighted by Crippen LogP contribution is 2.33. The Bertz CT molecular complexity index is 596. The predicted octanol–water partition coefficient (Wildman–Crippen LogP) is 4.30. The van der Waals surface area contributed by atoms with Crippen LogP contribution in [-0.2, 0) is 16.0 Å². The summed E-state index contributed by atoms with van der Waals surface area (Å²) in [6.45, 7) is 2.13. The van der Waals surface area contributed by atoms with Gasteiger partial charge < -0.3 is 10.1 Å². The van der Waals surface area contributed by atoms with Crippen molar-refractivity contribution in [1.29, 1.82) is 0 Å². The van der Waals surface area contributed by atoms with Crippen LogP contribution in [0.3, 0.4) is 0 Å². The average molecular weight is 331 g/mol. The van der Waals surface area contributed by atoms with E-state index in [4.69, 9.17) is 27.9 Å². The highest BCUT2D eigenvalue weighted by Gasteiger charge is 2.11. The van der Waals surface area contributed by atoms with Gasteiger partial charge in [-0.3, -0.25) is 4.79 Å². The molecule has 7 heteroatoms. The molecule has 20 heavy (non-hydrogen) atoms. The van der Waals surface area contributed by atoms with Crippen LogP contribution in [0, 0.1) is 0 Å². The van der Waals surface area contributed by atoms with Crippen molar-refractivity contribution in [3.63, 3.8) is 0 Å². The SMILES string of the molecule is CCOC(=O)Cc1csc(Nc2c(Cl)cccc2Cl)n1. The van der Waals surface area contributed by atoms with Crippen LogP contribution >= 0.6 is 34.5 Å². The van der Waals surface area contributed by atoms with Crippen molar-refractivity contribution in [2.45, 2.75) is 13.3 Å². The Morgan fingerprint density at radius 3 is 2.75 bits per heavy atom. The normalized spacial score (nSPS) is 10.3. The Morgan fingerprint density at radius 1 is 1.40 bits per heavy atom. The summed E-state index contributed by atoms with van der Waals surface area (Å²) in [4.78, 5) is 15.7. The molecule has 0 saturated heterocycles. The predicted molar refractivity (Wildman–Crippen MR) is 82.2 cm³/mol. The van der Waals surface area contributed by atoms with Gasteiger partial charge in [-0.05, 0) is 19.1 Å². The molecule has 2 rings (SSSR count). The van der Waals surface area contributed by atoms with Gasteiger partial charge in [-0.15, -0.1) is 11.3 Å². The van der Waals surface area contributed by atoms with Crippen molar-refractivity contribution in [3.05, 3.63) is 39.3 Å². The third-order valence-electron chi connectivity index (χ3n) is 2.38. The van der Waals surface area contributed by atoms with Gasteiger partial charge in [0.2, 0.25) is 0 Å². The van der Waals surface area contributed by atoms with Crippen molar-refractivity contribution < 1.29 is 9.53 Å². The molecule has 0 radical (unpaired) electrons. The molecule has 2 aromatic rings. The first kappa shape index (κ1) is 15.1. The zero-order valence-corrected chi connectivity index (χ0v) is 13.0. The number of thiazole rings is 1. The molecule has 0 unspecified atom stereocenters. The minimum Gasteiger partial charge on any atom is -0.466 e. The number of para-hydroxylation sites is 1. The van der Waals surface area contributed by atoms with Gasteiger partial charge in [0.1, 0.15) is 0 Å². The molecule has 0 spiro atoms. The van der Waals surface area contributed by atoms with Crippen LogP contribution < -0.4 is 5.32 Å². The van der Waals surface area contributed by atoms with Gasteiger partial charge >= 0.3 is 5.97 Å². The molecule has 1 aromatic carbocycles. The molecule has 1 N–H and O–H groups in total. The van der Waals surface area contributed by atoms with Crippen LogP contribution in [0.25, 0.3) is 0 Å². The van der Waals surface area contributed by atoms with E-state index < -0.39 is 0 Å². The number of benzene rings is 1. The van der Waals surface area contributed by atoms with Gasteiger partial charge in [0.15, 0.2) is 5.13 Å². The van der Waals surface area contributed by atoms with E-state index in [1.807, 2.05) is 0 Å². The van der Waals surface area contributed by atoms with Crippen LogP contribution in [0.2, 0.25) is 10.0 Å². The first-order chi connectivity index (χ1) is 9.60. The lowest BCUT2D eigenvalue weighted by Crippen LogP contribution is -2.07. The molecule has 0 aliphatic rings. The Labute approximate surface area is 130 Å². The molecular formula is C13H12Cl2N2O2S. The zero-order chi connectivity index (χ0) is 14.5. The summed E-state index contributed by atoms with van der Waals surface area (Å²) < 4.78 is 4.87. The molecular weight excluding hydrogens is 319 g/mol. The number of ether oxygens (including phenoxy) is 1. The number of esters is 1. The van der Waals surface area contributed by atoms with E-state index in [9.17, 15) is 4.79 Å². The number of carbonyl (C=O) groups excluding carboxylic acids is 1. The number of anilines is 2. The summed E-state index contributed by atoms with van der Waals surface area (Å²) in [5.74, 6) is -0.292. The second-order valence-electron chi connectivity index (χ2n) is 3.85. The number of nitrogens with zero attached hydrogens (tertiary/aromatic N) is 1. The highest BCUT2D eigenvalue weighted by molar-refractivity contribution is 7.13. The summed E-state index contributed by atoms with van der Waals surface area (Å²) in [6.07, 6.45) is 0.155. The maximum Gasteiger partial charge on any atom is 0.311 e. The van der Waals surface area contributed by atoms with Gasteiger partial charge in [-0.2, -0.15) is 0 Å². The monoisotopic (exact) mass is 330 g/mol. The van der Waals surface area contributed by atoms with E-state index in [0.29, 0.717) is 33.2 Å². The lowest BCUT2D eigenvalue weighted by Gasteiger charge is -2.06. The molecule has 1 aromatic heterocycles. The largest absolute Gasteiger partial charge is 0.466 e. The fraction of sp³-hybridized carbons (Fsp3) is 0.231. The van der Waals surface area contributed by atoms with Gasteiger partial charge in [-0.25, -0.2) is 4.98 Å². The third-order valence-corrected chi connectivity index (χ3v) is 3.81. The molecule has 0 amide bonds. The smallest absolute Gasteiger partial charge is 0.311 e. The first-order valence-electron chi connectivity index (χ1n) is 5.91. The summed E-state index contributed by atoms with van der Waals surface area (Å²) in [6, 6.07) is 5.25. The standard InChI is InChI=1S/C13H12Cl2N2O2S/c1-2-19-11(18)6-8-7-20-13(16-8)17-12-9(14)4-3-5-10(12)15/h3-5,7H,2,6H2,1H3,(H,16,17). The van der Waals surface area contributed by atoms with E-state index in [0.717, 1.165) is 0 Å². The van der Waals surface area contributed by atoms with E-state index in [1.54, 1.807) is 30.5 Å². The van der Waals surface area contributed by atoms with Crippen molar-refractivity contribution >= 4 is 51.3 Å². The molecule has 0 saturated carbocycles. The van der Waals surface area contributed by atoms with Crippen LogP contribution in [0.1, 0.15) is 12.6 Å². The second kappa shape index (κ2) is 6.92. The molecule has 0 atom stereocenters. The van der Waals surface area contributed by atoms with Gasteiger partial charge in [0, 0.05) is 5.38 Å². The Morgan fingerprint density at radius 2 is 2.10 bits per heavy atom. The topological polar surface area (TPSA) is 51.2 Å². The number of carbonyl (C=O) groups is 1. The molecule has 4 nitrogen and oxygen atoms in total. The van der Waals surface area contributed by atoms with Crippen LogP contribution in [-0.4, -0.2) is 17.6 Å². The highest BCUT2D eigenvalue weighted by atomic mass is 35.5. The number of halogens is 2. The van der Waals surface area contributed by atoms with Gasteiger partial charge in [0.25, 0.3) is 0 Å². The fourth-order valence-electron chi connectivity index (χ4n) is 1.53. The average Bonchev–Trinajstić information content (AvgIpc) is 2.82. The number of nitrogens with one attached hydrogen (secondary N) is 1. The first-order valence-corrected chi connectivity index (χ1v) is 7.54. The minimum absolute atomic E-state index is 0.155. The molecule has 0 aliphatic heterocycles. The quantitative estimate of drug-likeness (QED) is 0.830. The van der Waals surface area contributed by atoms with Crippen molar-refractivity contribution in [1.82, 2.24) is 4.98 Å². The maximum atomic E-state index is 11.4.